The molecule has 1 N–H and O–H groups in total. The molecule has 0 aliphatic rings. The lowest BCUT2D eigenvalue weighted by Gasteiger charge is -1.96. The molecule has 2 heterocycles. The van der Waals surface area contributed by atoms with Gasteiger partial charge in [-0.1, -0.05) is 12.1 Å². The molecule has 0 saturated heterocycles. The quantitative estimate of drug-likeness (QED) is 0.837. The summed E-state index contributed by atoms with van der Waals surface area (Å²) in [7, 11) is 1.85. The molecular formula is C11H15N5O2. The third kappa shape index (κ3) is 2.55. The second kappa shape index (κ2) is 4.99. The zero-order valence-electron chi connectivity index (χ0n) is 10.4. The van der Waals surface area contributed by atoms with Crippen LogP contribution < -0.4 is 0 Å². The maximum absolute atomic E-state index is 10.5. The van der Waals surface area contributed by atoms with Gasteiger partial charge in [-0.05, 0) is 6.42 Å². The molecular weight excluding hydrogens is 234 g/mol. The van der Waals surface area contributed by atoms with E-state index in [4.69, 9.17) is 5.11 Å². The summed E-state index contributed by atoms with van der Waals surface area (Å²) in [4.78, 5) is 10.5. The van der Waals surface area contributed by atoms with Crippen LogP contribution in [0.5, 0.6) is 0 Å². The number of rotatable bonds is 5. The van der Waals surface area contributed by atoms with Crippen molar-refractivity contribution < 1.29 is 9.90 Å². The molecule has 0 fully saturated rings. The first kappa shape index (κ1) is 12.3. The Kier molecular flexibility index (Phi) is 3.40. The fourth-order valence-corrected chi connectivity index (χ4v) is 1.73. The largest absolute Gasteiger partial charge is 0.481 e. The van der Waals surface area contributed by atoms with Crippen LogP contribution in [-0.2, 0) is 24.7 Å². The van der Waals surface area contributed by atoms with E-state index in [9.17, 15) is 4.79 Å². The van der Waals surface area contributed by atoms with E-state index in [1.54, 1.807) is 15.6 Å². The van der Waals surface area contributed by atoms with Crippen LogP contribution in [0.3, 0.4) is 0 Å². The first-order chi connectivity index (χ1) is 8.60. The number of carboxylic acids is 1. The molecule has 0 aliphatic carbocycles. The van der Waals surface area contributed by atoms with Crippen LogP contribution in [0.2, 0.25) is 0 Å². The van der Waals surface area contributed by atoms with Crippen molar-refractivity contribution >= 4 is 5.97 Å². The van der Waals surface area contributed by atoms with Gasteiger partial charge in [0.2, 0.25) is 0 Å². The summed E-state index contributed by atoms with van der Waals surface area (Å²) in [5.74, 6) is -0.833. The zero-order valence-corrected chi connectivity index (χ0v) is 10.4. The molecule has 2 aromatic rings. The predicted octanol–water partition coefficient (Wildman–Crippen LogP) is 0.580. The van der Waals surface area contributed by atoms with Gasteiger partial charge in [0.05, 0.1) is 30.2 Å². The number of hydrogen-bond donors (Lipinski definition) is 1. The van der Waals surface area contributed by atoms with E-state index in [2.05, 4.69) is 15.4 Å². The van der Waals surface area contributed by atoms with Crippen molar-refractivity contribution in [2.45, 2.75) is 26.2 Å². The fraction of sp³-hybridized carbons (Fsp3) is 0.455. The van der Waals surface area contributed by atoms with Crippen molar-refractivity contribution in [1.82, 2.24) is 24.8 Å². The van der Waals surface area contributed by atoms with Gasteiger partial charge in [0.1, 0.15) is 5.69 Å². The van der Waals surface area contributed by atoms with E-state index < -0.39 is 5.97 Å². The minimum atomic E-state index is -0.833. The van der Waals surface area contributed by atoms with Gasteiger partial charge in [-0.25, -0.2) is 4.68 Å². The molecule has 0 aromatic carbocycles. The lowest BCUT2D eigenvalue weighted by molar-refractivity contribution is -0.136. The summed E-state index contributed by atoms with van der Waals surface area (Å²) in [6.07, 6.45) is 4.87. The molecule has 0 atom stereocenters. The molecule has 96 valence electrons. The zero-order chi connectivity index (χ0) is 13.1. The molecule has 2 rings (SSSR count). The summed E-state index contributed by atoms with van der Waals surface area (Å²) >= 11 is 0. The van der Waals surface area contributed by atoms with Crippen molar-refractivity contribution in [3.05, 3.63) is 23.8 Å². The Morgan fingerprint density at radius 2 is 2.22 bits per heavy atom. The van der Waals surface area contributed by atoms with Crippen LogP contribution in [-0.4, -0.2) is 35.9 Å². The highest BCUT2D eigenvalue weighted by Crippen LogP contribution is 2.12. The molecule has 0 bridgehead atoms. The van der Waals surface area contributed by atoms with Gasteiger partial charge < -0.3 is 5.11 Å². The molecule has 0 saturated carbocycles. The molecule has 0 radical (unpaired) electrons. The third-order valence-electron chi connectivity index (χ3n) is 2.60. The first-order valence-corrected chi connectivity index (χ1v) is 5.76. The summed E-state index contributed by atoms with van der Waals surface area (Å²) < 4.78 is 3.37. The highest BCUT2D eigenvalue weighted by molar-refractivity contribution is 5.66. The van der Waals surface area contributed by atoms with Crippen LogP contribution >= 0.6 is 0 Å². The summed E-state index contributed by atoms with van der Waals surface area (Å²) in [5.41, 5.74) is 2.49. The Balaban J connectivity index is 2.20. The fourth-order valence-electron chi connectivity index (χ4n) is 1.73. The summed E-state index contributed by atoms with van der Waals surface area (Å²) in [5, 5.41) is 20.9. The molecule has 7 nitrogen and oxygen atoms in total. The Morgan fingerprint density at radius 3 is 2.89 bits per heavy atom. The second-order valence-corrected chi connectivity index (χ2v) is 4.04. The summed E-state index contributed by atoms with van der Waals surface area (Å²) in [6.45, 7) is 2.02. The SMILES string of the molecule is CCc1nn(C)cc1-n1cc(CCC(=O)O)nn1. The number of aryl methyl sites for hydroxylation is 3. The van der Waals surface area contributed by atoms with Crippen molar-refractivity contribution in [2.24, 2.45) is 7.05 Å². The van der Waals surface area contributed by atoms with Crippen molar-refractivity contribution in [2.75, 3.05) is 0 Å². The predicted molar refractivity (Wildman–Crippen MR) is 63.5 cm³/mol. The molecule has 18 heavy (non-hydrogen) atoms. The Labute approximate surface area is 104 Å². The Bertz CT molecular complexity index is 558. The van der Waals surface area contributed by atoms with Crippen LogP contribution in [0.15, 0.2) is 12.4 Å². The molecule has 0 aliphatic heterocycles. The number of aromatic nitrogens is 5. The smallest absolute Gasteiger partial charge is 0.303 e. The van der Waals surface area contributed by atoms with Crippen LogP contribution in [0.4, 0.5) is 0 Å². The van der Waals surface area contributed by atoms with Gasteiger partial charge in [0, 0.05) is 13.5 Å². The normalized spacial score (nSPS) is 10.8. The van der Waals surface area contributed by atoms with E-state index in [1.165, 1.54) is 0 Å². The van der Waals surface area contributed by atoms with Gasteiger partial charge in [-0.15, -0.1) is 5.10 Å². The lowest BCUT2D eigenvalue weighted by Crippen LogP contribution is -1.98. The maximum atomic E-state index is 10.5. The van der Waals surface area contributed by atoms with Gasteiger partial charge in [-0.2, -0.15) is 5.10 Å². The number of hydrogen-bond acceptors (Lipinski definition) is 4. The number of carbonyl (C=O) groups is 1. The van der Waals surface area contributed by atoms with Crippen LogP contribution in [0.25, 0.3) is 5.69 Å². The van der Waals surface area contributed by atoms with Crippen molar-refractivity contribution in [3.63, 3.8) is 0 Å². The van der Waals surface area contributed by atoms with Crippen molar-refractivity contribution in [3.8, 4) is 5.69 Å². The van der Waals surface area contributed by atoms with Crippen LogP contribution in [0, 0.1) is 0 Å². The minimum absolute atomic E-state index is 0.0619. The number of nitrogens with zero attached hydrogens (tertiary/aromatic N) is 5. The molecule has 0 amide bonds. The van der Waals surface area contributed by atoms with E-state index in [-0.39, 0.29) is 6.42 Å². The molecule has 7 heteroatoms. The van der Waals surface area contributed by atoms with Gasteiger partial charge in [0.25, 0.3) is 0 Å². The number of carboxylic acid groups (broad SMARTS) is 1. The summed E-state index contributed by atoms with van der Waals surface area (Å²) in [6, 6.07) is 0. The lowest BCUT2D eigenvalue weighted by atomic mass is 10.2. The third-order valence-corrected chi connectivity index (χ3v) is 2.60. The van der Waals surface area contributed by atoms with E-state index in [1.807, 2.05) is 20.2 Å². The minimum Gasteiger partial charge on any atom is -0.481 e. The number of aliphatic carboxylic acids is 1. The standard InChI is InChI=1S/C11H15N5O2/c1-3-9-10(7-15(2)13-9)16-6-8(12-14-16)4-5-11(17)18/h6-7H,3-5H2,1-2H3,(H,17,18). The monoisotopic (exact) mass is 249 g/mol. The van der Waals surface area contributed by atoms with E-state index >= 15 is 0 Å². The topological polar surface area (TPSA) is 85.8 Å². The highest BCUT2D eigenvalue weighted by Gasteiger charge is 2.11. The maximum Gasteiger partial charge on any atom is 0.303 e. The molecule has 0 unspecified atom stereocenters. The van der Waals surface area contributed by atoms with Gasteiger partial charge >= 0.3 is 5.97 Å². The van der Waals surface area contributed by atoms with Crippen LogP contribution in [0.1, 0.15) is 24.7 Å². The first-order valence-electron chi connectivity index (χ1n) is 5.76. The molecule has 2 aromatic heterocycles. The van der Waals surface area contributed by atoms with Crippen molar-refractivity contribution in [1.29, 1.82) is 0 Å². The van der Waals surface area contributed by atoms with E-state index in [0.717, 1.165) is 17.8 Å². The van der Waals surface area contributed by atoms with Gasteiger partial charge in [0.15, 0.2) is 0 Å². The molecule has 0 spiro atoms. The Hall–Kier alpha value is -2.18. The average molecular weight is 249 g/mol. The Morgan fingerprint density at radius 1 is 1.44 bits per heavy atom. The van der Waals surface area contributed by atoms with Gasteiger partial charge in [-0.3, -0.25) is 9.48 Å². The average Bonchev–Trinajstić information content (AvgIpc) is 2.92. The highest BCUT2D eigenvalue weighted by atomic mass is 16.4. The second-order valence-electron chi connectivity index (χ2n) is 4.04. The van der Waals surface area contributed by atoms with E-state index in [0.29, 0.717) is 12.1 Å².